The molecule has 0 saturated heterocycles. The lowest BCUT2D eigenvalue weighted by Gasteiger charge is -2.23. The summed E-state index contributed by atoms with van der Waals surface area (Å²) < 4.78 is 7.30. The first kappa shape index (κ1) is 19.6. The van der Waals surface area contributed by atoms with Crippen molar-refractivity contribution in [2.45, 2.75) is 26.9 Å². The van der Waals surface area contributed by atoms with E-state index >= 15 is 0 Å². The molecule has 1 aromatic carbocycles. The molecule has 30 heavy (non-hydrogen) atoms. The third-order valence-electron chi connectivity index (χ3n) is 5.03. The highest BCUT2D eigenvalue weighted by Gasteiger charge is 2.23. The van der Waals surface area contributed by atoms with Crippen LogP contribution in [-0.2, 0) is 20.1 Å². The van der Waals surface area contributed by atoms with Crippen LogP contribution in [0.1, 0.15) is 33.1 Å². The third kappa shape index (κ3) is 4.00. The maximum atomic E-state index is 13.4. The van der Waals surface area contributed by atoms with Crippen LogP contribution in [0.4, 0.5) is 0 Å². The van der Waals surface area contributed by atoms with Crippen molar-refractivity contribution in [1.29, 1.82) is 0 Å². The summed E-state index contributed by atoms with van der Waals surface area (Å²) in [4.78, 5) is 19.2. The molecule has 0 radical (unpaired) electrons. The Bertz CT molecular complexity index is 1150. The monoisotopic (exact) mass is 401 g/mol. The summed E-state index contributed by atoms with van der Waals surface area (Å²) in [5.74, 6) is 0.584. The average Bonchev–Trinajstić information content (AvgIpc) is 3.29. The molecule has 4 aromatic rings. The number of hydrogen-bond donors (Lipinski definition) is 0. The van der Waals surface area contributed by atoms with Gasteiger partial charge in [0, 0.05) is 30.6 Å². The van der Waals surface area contributed by atoms with Crippen molar-refractivity contribution in [2.24, 2.45) is 7.05 Å². The Morgan fingerprint density at radius 1 is 1.10 bits per heavy atom. The minimum Gasteiger partial charge on any atom is -0.361 e. The molecule has 1 amide bonds. The van der Waals surface area contributed by atoms with Gasteiger partial charge in [-0.25, -0.2) is 0 Å². The molecule has 4 rings (SSSR count). The Morgan fingerprint density at radius 2 is 1.90 bits per heavy atom. The zero-order valence-corrected chi connectivity index (χ0v) is 17.2. The van der Waals surface area contributed by atoms with Crippen molar-refractivity contribution in [3.05, 3.63) is 89.2 Å². The molecule has 0 spiro atoms. The number of carbonyl (C=O) groups excluding carboxylic acids is 1. The second-order valence-corrected chi connectivity index (χ2v) is 7.24. The van der Waals surface area contributed by atoms with Gasteiger partial charge in [-0.05, 0) is 32.0 Å². The highest BCUT2D eigenvalue weighted by atomic mass is 16.5. The van der Waals surface area contributed by atoms with E-state index < -0.39 is 0 Å². The predicted octanol–water partition coefficient (Wildman–Crippen LogP) is 3.93. The lowest BCUT2D eigenvalue weighted by molar-refractivity contribution is 0.0725. The van der Waals surface area contributed by atoms with Gasteiger partial charge in [-0.1, -0.05) is 35.5 Å². The Hall–Kier alpha value is -3.74. The minimum absolute atomic E-state index is 0.110. The molecule has 152 valence electrons. The third-order valence-corrected chi connectivity index (χ3v) is 5.03. The highest BCUT2D eigenvalue weighted by molar-refractivity contribution is 5.93. The van der Waals surface area contributed by atoms with Crippen LogP contribution in [0.2, 0.25) is 0 Å². The molecule has 7 heteroatoms. The number of rotatable bonds is 6. The van der Waals surface area contributed by atoms with Crippen LogP contribution in [-0.4, -0.2) is 30.7 Å². The molecule has 0 aliphatic heterocycles. The Kier molecular flexibility index (Phi) is 5.43. The van der Waals surface area contributed by atoms with Crippen molar-refractivity contribution >= 4 is 5.91 Å². The van der Waals surface area contributed by atoms with Gasteiger partial charge >= 0.3 is 0 Å². The van der Waals surface area contributed by atoms with Gasteiger partial charge in [-0.15, -0.1) is 0 Å². The van der Waals surface area contributed by atoms with Crippen LogP contribution in [0.3, 0.4) is 0 Å². The van der Waals surface area contributed by atoms with E-state index in [9.17, 15) is 4.79 Å². The molecule has 0 atom stereocenters. The average molecular weight is 401 g/mol. The first-order chi connectivity index (χ1) is 14.5. The highest BCUT2D eigenvalue weighted by Crippen LogP contribution is 2.27. The molecule has 0 aliphatic carbocycles. The van der Waals surface area contributed by atoms with Gasteiger partial charge < -0.3 is 9.42 Å². The first-order valence-corrected chi connectivity index (χ1v) is 9.72. The lowest BCUT2D eigenvalue weighted by atomic mass is 10.1. The smallest absolute Gasteiger partial charge is 0.256 e. The van der Waals surface area contributed by atoms with Crippen molar-refractivity contribution in [3.63, 3.8) is 0 Å². The summed E-state index contributed by atoms with van der Waals surface area (Å²) in [5, 5.41) is 8.67. The number of hydrogen-bond acceptors (Lipinski definition) is 5. The Balaban J connectivity index is 1.71. The van der Waals surface area contributed by atoms with Gasteiger partial charge in [0.2, 0.25) is 0 Å². The molecule has 0 unspecified atom stereocenters. The summed E-state index contributed by atoms with van der Waals surface area (Å²) >= 11 is 0. The predicted molar refractivity (Wildman–Crippen MR) is 112 cm³/mol. The molecule has 0 saturated carbocycles. The standard InChI is InChI=1S/C23H23N5O2/c1-16-12-20(27(3)25-16)14-28(23(29)19-10-7-11-24-13-19)15-21-17(2)30-26-22(21)18-8-5-4-6-9-18/h4-13H,14-15H2,1-3H3. The van der Waals surface area contributed by atoms with Crippen molar-refractivity contribution < 1.29 is 9.32 Å². The number of nitrogens with zero attached hydrogens (tertiary/aromatic N) is 5. The number of carbonyl (C=O) groups is 1. The summed E-state index contributed by atoms with van der Waals surface area (Å²) in [6, 6.07) is 15.4. The van der Waals surface area contributed by atoms with E-state index in [2.05, 4.69) is 15.2 Å². The van der Waals surface area contributed by atoms with Crippen molar-refractivity contribution in [2.75, 3.05) is 0 Å². The fourth-order valence-electron chi connectivity index (χ4n) is 3.47. The van der Waals surface area contributed by atoms with E-state index in [1.54, 1.807) is 34.1 Å². The fraction of sp³-hybridized carbons (Fsp3) is 0.217. The molecule has 0 aliphatic rings. The van der Waals surface area contributed by atoms with Crippen LogP contribution in [0.5, 0.6) is 0 Å². The number of aryl methyl sites for hydroxylation is 3. The van der Waals surface area contributed by atoms with Crippen LogP contribution in [0.15, 0.2) is 65.4 Å². The van der Waals surface area contributed by atoms with Gasteiger partial charge in [0.15, 0.2) is 0 Å². The molecular formula is C23H23N5O2. The Labute approximate surface area is 175 Å². The number of pyridine rings is 1. The SMILES string of the molecule is Cc1cc(CN(Cc2c(-c3ccccc3)noc2C)C(=O)c2cccnc2)n(C)n1. The number of benzene rings is 1. The number of amides is 1. The van der Waals surface area contributed by atoms with E-state index in [-0.39, 0.29) is 5.91 Å². The minimum atomic E-state index is -0.110. The van der Waals surface area contributed by atoms with Gasteiger partial charge in [0.05, 0.1) is 30.0 Å². The maximum absolute atomic E-state index is 13.4. The molecule has 0 fully saturated rings. The molecule has 7 nitrogen and oxygen atoms in total. The topological polar surface area (TPSA) is 77.0 Å². The molecular weight excluding hydrogens is 378 g/mol. The van der Waals surface area contributed by atoms with Crippen molar-refractivity contribution in [3.8, 4) is 11.3 Å². The second-order valence-electron chi connectivity index (χ2n) is 7.24. The fourth-order valence-corrected chi connectivity index (χ4v) is 3.47. The quantitative estimate of drug-likeness (QED) is 0.489. The van der Waals surface area contributed by atoms with Crippen LogP contribution in [0.25, 0.3) is 11.3 Å². The van der Waals surface area contributed by atoms with Gasteiger partial charge in [-0.2, -0.15) is 5.10 Å². The molecule has 3 aromatic heterocycles. The van der Waals surface area contributed by atoms with E-state index in [0.717, 1.165) is 28.2 Å². The van der Waals surface area contributed by atoms with Gasteiger partial charge in [0.25, 0.3) is 5.91 Å². The summed E-state index contributed by atoms with van der Waals surface area (Å²) in [5.41, 5.74) is 4.98. The summed E-state index contributed by atoms with van der Waals surface area (Å²) in [6.45, 7) is 4.57. The van der Waals surface area contributed by atoms with Gasteiger partial charge in [-0.3, -0.25) is 14.5 Å². The molecule has 0 bridgehead atoms. The van der Waals surface area contributed by atoms with E-state index in [4.69, 9.17) is 4.52 Å². The lowest BCUT2D eigenvalue weighted by Crippen LogP contribution is -2.31. The molecule has 0 N–H and O–H groups in total. The van der Waals surface area contributed by atoms with E-state index in [0.29, 0.717) is 24.4 Å². The number of aromatic nitrogens is 4. The van der Waals surface area contributed by atoms with Crippen LogP contribution < -0.4 is 0 Å². The normalized spacial score (nSPS) is 10.9. The summed E-state index contributed by atoms with van der Waals surface area (Å²) in [6.07, 6.45) is 3.24. The van der Waals surface area contributed by atoms with Gasteiger partial charge in [0.1, 0.15) is 11.5 Å². The zero-order valence-electron chi connectivity index (χ0n) is 17.2. The van der Waals surface area contributed by atoms with E-state index in [1.807, 2.05) is 57.3 Å². The molecule has 3 heterocycles. The van der Waals surface area contributed by atoms with E-state index in [1.165, 1.54) is 0 Å². The van der Waals surface area contributed by atoms with Crippen LogP contribution in [0, 0.1) is 13.8 Å². The summed E-state index contributed by atoms with van der Waals surface area (Å²) in [7, 11) is 1.88. The van der Waals surface area contributed by atoms with Crippen molar-refractivity contribution in [1.82, 2.24) is 24.8 Å². The zero-order chi connectivity index (χ0) is 21.1. The maximum Gasteiger partial charge on any atom is 0.256 e. The largest absolute Gasteiger partial charge is 0.361 e. The van der Waals surface area contributed by atoms with Crippen LogP contribution >= 0.6 is 0 Å². The Morgan fingerprint density at radius 3 is 2.57 bits per heavy atom. The second kappa shape index (κ2) is 8.32. The first-order valence-electron chi connectivity index (χ1n) is 9.72.